The zero-order chi connectivity index (χ0) is 13.2. The van der Waals surface area contributed by atoms with Crippen molar-refractivity contribution in [1.82, 2.24) is 0 Å². The summed E-state index contributed by atoms with van der Waals surface area (Å²) in [6.07, 6.45) is 3.69. The molecule has 0 aliphatic heterocycles. The Hall–Kier alpha value is -1.43. The van der Waals surface area contributed by atoms with E-state index in [4.69, 9.17) is 11.5 Å². The van der Waals surface area contributed by atoms with E-state index in [2.05, 4.69) is 21.2 Å². The molecule has 18 heavy (non-hydrogen) atoms. The number of amides is 1. The molecule has 1 aliphatic rings. The molecule has 0 bridgehead atoms. The molecule has 5 heteroatoms. The van der Waals surface area contributed by atoms with E-state index in [0.29, 0.717) is 16.5 Å². The number of hydrogen-bond donors (Lipinski definition) is 3. The van der Waals surface area contributed by atoms with E-state index in [1.54, 1.807) is 12.2 Å². The maximum absolute atomic E-state index is 12.1. The van der Waals surface area contributed by atoms with E-state index < -0.39 is 5.66 Å². The number of carbonyl (C=O) groups is 1. The molecule has 0 fully saturated rings. The largest absolute Gasteiger partial charge is 0.322 e. The average molecular weight is 308 g/mol. The highest BCUT2D eigenvalue weighted by molar-refractivity contribution is 9.11. The maximum Gasteiger partial charge on any atom is 0.256 e. The van der Waals surface area contributed by atoms with Gasteiger partial charge in [0.2, 0.25) is 0 Å². The Kier molecular flexibility index (Phi) is 3.65. The van der Waals surface area contributed by atoms with Crippen LogP contribution in [0.5, 0.6) is 0 Å². The molecule has 2 rings (SSSR count). The SMILES string of the molecule is NC1(N)C=CC(C(=O)Nc2ccccc2)=C(Br)C1. The zero-order valence-corrected chi connectivity index (χ0v) is 11.3. The molecule has 0 spiro atoms. The topological polar surface area (TPSA) is 81.1 Å². The van der Waals surface area contributed by atoms with Crippen molar-refractivity contribution in [3.05, 3.63) is 52.5 Å². The van der Waals surface area contributed by atoms with Crippen molar-refractivity contribution < 1.29 is 4.79 Å². The summed E-state index contributed by atoms with van der Waals surface area (Å²) in [5, 5.41) is 2.81. The lowest BCUT2D eigenvalue weighted by atomic mass is 9.98. The summed E-state index contributed by atoms with van der Waals surface area (Å²) in [6, 6.07) is 9.27. The molecule has 1 aliphatic carbocycles. The van der Waals surface area contributed by atoms with E-state index >= 15 is 0 Å². The summed E-state index contributed by atoms with van der Waals surface area (Å²) in [5.41, 5.74) is 12.0. The van der Waals surface area contributed by atoms with E-state index in [-0.39, 0.29) is 5.91 Å². The molecule has 0 heterocycles. The number of nitrogens with one attached hydrogen (secondary N) is 1. The lowest BCUT2D eigenvalue weighted by Crippen LogP contribution is -2.48. The van der Waals surface area contributed by atoms with E-state index in [9.17, 15) is 4.79 Å². The Morgan fingerprint density at radius 3 is 2.56 bits per heavy atom. The fourth-order valence-corrected chi connectivity index (χ4v) is 2.47. The Morgan fingerprint density at radius 2 is 1.94 bits per heavy atom. The summed E-state index contributed by atoms with van der Waals surface area (Å²) in [6.45, 7) is 0. The average Bonchev–Trinajstić information content (AvgIpc) is 2.28. The van der Waals surface area contributed by atoms with E-state index in [0.717, 1.165) is 5.69 Å². The summed E-state index contributed by atoms with van der Waals surface area (Å²) in [7, 11) is 0. The van der Waals surface area contributed by atoms with Crippen LogP contribution in [0.25, 0.3) is 0 Å². The lowest BCUT2D eigenvalue weighted by Gasteiger charge is -2.25. The minimum absolute atomic E-state index is 0.181. The molecule has 0 radical (unpaired) electrons. The molecule has 5 N–H and O–H groups in total. The van der Waals surface area contributed by atoms with Crippen molar-refractivity contribution in [1.29, 1.82) is 0 Å². The van der Waals surface area contributed by atoms with Gasteiger partial charge in [0.05, 0.1) is 5.66 Å². The molecule has 0 saturated carbocycles. The Labute approximate surface area is 114 Å². The molecule has 0 unspecified atom stereocenters. The normalized spacial score (nSPS) is 17.7. The van der Waals surface area contributed by atoms with E-state index in [1.165, 1.54) is 0 Å². The lowest BCUT2D eigenvalue weighted by molar-refractivity contribution is -0.112. The van der Waals surface area contributed by atoms with Crippen LogP contribution in [-0.4, -0.2) is 11.6 Å². The quantitative estimate of drug-likeness (QED) is 0.729. The minimum atomic E-state index is -0.893. The summed E-state index contributed by atoms with van der Waals surface area (Å²) in [5.74, 6) is -0.181. The van der Waals surface area contributed by atoms with Crippen molar-refractivity contribution >= 4 is 27.5 Å². The van der Waals surface area contributed by atoms with Gasteiger partial charge in [0.25, 0.3) is 5.91 Å². The van der Waals surface area contributed by atoms with Crippen molar-refractivity contribution in [3.8, 4) is 0 Å². The number of benzene rings is 1. The van der Waals surface area contributed by atoms with Crippen LogP contribution in [0, 0.1) is 0 Å². The third kappa shape index (κ3) is 3.07. The molecule has 1 aromatic carbocycles. The van der Waals surface area contributed by atoms with Crippen LogP contribution in [0.3, 0.4) is 0 Å². The molecule has 1 amide bonds. The van der Waals surface area contributed by atoms with Gasteiger partial charge in [0, 0.05) is 22.2 Å². The number of rotatable bonds is 2. The molecule has 4 nitrogen and oxygen atoms in total. The van der Waals surface area contributed by atoms with Crippen LogP contribution in [0.15, 0.2) is 52.5 Å². The second-order valence-corrected chi connectivity index (χ2v) is 5.22. The monoisotopic (exact) mass is 307 g/mol. The fraction of sp³-hybridized carbons (Fsp3) is 0.154. The number of para-hydroxylation sites is 1. The summed E-state index contributed by atoms with van der Waals surface area (Å²) in [4.78, 5) is 12.1. The first-order valence-corrected chi connectivity index (χ1v) is 6.29. The van der Waals surface area contributed by atoms with Gasteiger partial charge in [-0.1, -0.05) is 34.1 Å². The van der Waals surface area contributed by atoms with Crippen LogP contribution in [0.1, 0.15) is 6.42 Å². The van der Waals surface area contributed by atoms with Gasteiger partial charge in [0.15, 0.2) is 0 Å². The predicted octanol–water partition coefficient (Wildman–Crippen LogP) is 1.85. The molecular weight excluding hydrogens is 294 g/mol. The summed E-state index contributed by atoms with van der Waals surface area (Å²) >= 11 is 3.35. The molecular formula is C13H14BrN3O. The second-order valence-electron chi connectivity index (χ2n) is 4.26. The van der Waals surface area contributed by atoms with Gasteiger partial charge < -0.3 is 16.8 Å². The second kappa shape index (κ2) is 5.06. The highest BCUT2D eigenvalue weighted by Gasteiger charge is 2.25. The fourth-order valence-electron chi connectivity index (χ4n) is 1.67. The maximum atomic E-state index is 12.1. The summed E-state index contributed by atoms with van der Waals surface area (Å²) < 4.78 is 0.712. The number of carbonyl (C=O) groups excluding carboxylic acids is 1. The Balaban J connectivity index is 2.14. The molecule has 0 saturated heterocycles. The molecule has 0 aromatic heterocycles. The van der Waals surface area contributed by atoms with Crippen LogP contribution < -0.4 is 16.8 Å². The standard InChI is InChI=1S/C13H14BrN3O/c14-11-8-13(15,16)7-6-10(11)12(18)17-9-4-2-1-3-5-9/h1-7H,8,15-16H2,(H,17,18). The van der Waals surface area contributed by atoms with Gasteiger partial charge in [-0.05, 0) is 24.3 Å². The molecule has 94 valence electrons. The van der Waals surface area contributed by atoms with Crippen LogP contribution in [-0.2, 0) is 4.79 Å². The smallest absolute Gasteiger partial charge is 0.256 e. The Morgan fingerprint density at radius 1 is 1.28 bits per heavy atom. The number of nitrogens with two attached hydrogens (primary N) is 2. The van der Waals surface area contributed by atoms with Crippen molar-refractivity contribution in [2.75, 3.05) is 5.32 Å². The van der Waals surface area contributed by atoms with Gasteiger partial charge in [-0.25, -0.2) is 0 Å². The van der Waals surface area contributed by atoms with Crippen molar-refractivity contribution in [2.24, 2.45) is 11.5 Å². The minimum Gasteiger partial charge on any atom is -0.322 e. The first-order valence-electron chi connectivity index (χ1n) is 5.50. The van der Waals surface area contributed by atoms with Crippen LogP contribution >= 0.6 is 15.9 Å². The first-order chi connectivity index (χ1) is 8.48. The third-order valence-electron chi connectivity index (χ3n) is 2.59. The molecule has 1 aromatic rings. The third-order valence-corrected chi connectivity index (χ3v) is 3.30. The van der Waals surface area contributed by atoms with Crippen LogP contribution in [0.4, 0.5) is 5.69 Å². The zero-order valence-electron chi connectivity index (χ0n) is 9.69. The van der Waals surface area contributed by atoms with Crippen molar-refractivity contribution in [3.63, 3.8) is 0 Å². The van der Waals surface area contributed by atoms with Gasteiger partial charge in [-0.3, -0.25) is 4.79 Å². The number of halogens is 1. The van der Waals surface area contributed by atoms with Crippen LogP contribution in [0.2, 0.25) is 0 Å². The van der Waals surface area contributed by atoms with Gasteiger partial charge in [-0.15, -0.1) is 0 Å². The highest BCUT2D eigenvalue weighted by atomic mass is 79.9. The van der Waals surface area contributed by atoms with Gasteiger partial charge in [0.1, 0.15) is 0 Å². The van der Waals surface area contributed by atoms with Crippen molar-refractivity contribution in [2.45, 2.75) is 12.1 Å². The number of anilines is 1. The van der Waals surface area contributed by atoms with Gasteiger partial charge >= 0.3 is 0 Å². The van der Waals surface area contributed by atoms with E-state index in [1.807, 2.05) is 30.3 Å². The predicted molar refractivity (Wildman–Crippen MR) is 75.9 cm³/mol. The van der Waals surface area contributed by atoms with Gasteiger partial charge in [-0.2, -0.15) is 0 Å². The molecule has 0 atom stereocenters. The first kappa shape index (κ1) is 13.0. The number of hydrogen-bond acceptors (Lipinski definition) is 3. The Bertz CT molecular complexity index is 520. The highest BCUT2D eigenvalue weighted by Crippen LogP contribution is 2.27.